The van der Waals surface area contributed by atoms with Crippen molar-refractivity contribution < 1.29 is 4.79 Å². The zero-order valence-electron chi connectivity index (χ0n) is 15.2. The Bertz CT molecular complexity index is 1110. The summed E-state index contributed by atoms with van der Waals surface area (Å²) in [4.78, 5) is 47.1. The Hall–Kier alpha value is -2.87. The van der Waals surface area contributed by atoms with Crippen LogP contribution in [-0.2, 0) is 18.3 Å². The van der Waals surface area contributed by atoms with Gasteiger partial charge in [-0.3, -0.25) is 19.1 Å². The third-order valence-corrected chi connectivity index (χ3v) is 4.92. The zero-order valence-corrected chi connectivity index (χ0v) is 16.0. The lowest BCUT2D eigenvalue weighted by molar-refractivity contribution is -0.131. The number of carbonyl (C=O) groups is 1. The van der Waals surface area contributed by atoms with E-state index in [1.54, 1.807) is 18.0 Å². The molecule has 0 spiro atoms. The standard InChI is InChI=1S/C18H20ClN5O3/c1-10(11-5-4-6-12(19)9-11)23(2)14(25)8-7-13-20-15-16(21-13)24(3)18(27)22-17(15)26/h4-6,9-10H,7-8H2,1-3H3,(H,20,21)(H,22,26,27). The van der Waals surface area contributed by atoms with Gasteiger partial charge in [0, 0.05) is 32.0 Å². The minimum atomic E-state index is -0.531. The number of aromatic amines is 2. The third kappa shape index (κ3) is 3.80. The molecule has 3 rings (SSSR count). The fraction of sp³-hybridized carbons (Fsp3) is 0.333. The summed E-state index contributed by atoms with van der Waals surface area (Å²) in [6.45, 7) is 1.93. The van der Waals surface area contributed by atoms with E-state index in [0.717, 1.165) is 5.56 Å². The van der Waals surface area contributed by atoms with Gasteiger partial charge >= 0.3 is 5.69 Å². The maximum absolute atomic E-state index is 12.5. The maximum Gasteiger partial charge on any atom is 0.329 e. The molecule has 1 aromatic carbocycles. The summed E-state index contributed by atoms with van der Waals surface area (Å²) in [5, 5.41) is 0.623. The van der Waals surface area contributed by atoms with Gasteiger partial charge in [-0.2, -0.15) is 0 Å². The summed E-state index contributed by atoms with van der Waals surface area (Å²) < 4.78 is 1.26. The molecule has 8 nitrogen and oxygen atoms in total. The molecule has 2 heterocycles. The lowest BCUT2D eigenvalue weighted by Crippen LogP contribution is -2.29. The highest BCUT2D eigenvalue weighted by Gasteiger charge is 2.18. The van der Waals surface area contributed by atoms with Gasteiger partial charge in [0.05, 0.1) is 6.04 Å². The number of imidazole rings is 1. The first-order valence-electron chi connectivity index (χ1n) is 8.47. The molecule has 142 valence electrons. The first-order valence-corrected chi connectivity index (χ1v) is 8.84. The summed E-state index contributed by atoms with van der Waals surface area (Å²) in [6.07, 6.45) is 0.542. The van der Waals surface area contributed by atoms with Gasteiger partial charge in [-0.15, -0.1) is 0 Å². The van der Waals surface area contributed by atoms with Crippen molar-refractivity contribution in [3.05, 3.63) is 61.5 Å². The van der Waals surface area contributed by atoms with E-state index in [4.69, 9.17) is 11.6 Å². The SMILES string of the molecule is CC(c1cccc(Cl)c1)N(C)C(=O)CCc1nc2c([nH]1)c(=O)[nH]c(=O)n2C. The molecule has 3 aromatic rings. The highest BCUT2D eigenvalue weighted by Crippen LogP contribution is 2.22. The highest BCUT2D eigenvalue weighted by atomic mass is 35.5. The summed E-state index contributed by atoms with van der Waals surface area (Å²) in [5.41, 5.74) is 0.386. The molecule has 27 heavy (non-hydrogen) atoms. The fourth-order valence-electron chi connectivity index (χ4n) is 2.88. The van der Waals surface area contributed by atoms with E-state index in [-0.39, 0.29) is 29.5 Å². The molecule has 0 saturated heterocycles. The molecule has 1 atom stereocenters. The Morgan fingerprint density at radius 3 is 2.78 bits per heavy atom. The van der Waals surface area contributed by atoms with Crippen molar-refractivity contribution in [2.24, 2.45) is 7.05 Å². The minimum absolute atomic E-state index is 0.0641. The average Bonchev–Trinajstić information content (AvgIpc) is 3.08. The molecule has 0 saturated carbocycles. The van der Waals surface area contributed by atoms with Crippen LogP contribution in [0.4, 0.5) is 0 Å². The molecular weight excluding hydrogens is 370 g/mol. The fourth-order valence-corrected chi connectivity index (χ4v) is 3.08. The second-order valence-corrected chi connectivity index (χ2v) is 6.87. The molecule has 0 bridgehead atoms. The van der Waals surface area contributed by atoms with Gasteiger partial charge in [0.1, 0.15) is 11.3 Å². The van der Waals surface area contributed by atoms with E-state index >= 15 is 0 Å². The summed E-state index contributed by atoms with van der Waals surface area (Å²) in [7, 11) is 3.26. The second kappa shape index (κ2) is 7.40. The van der Waals surface area contributed by atoms with Crippen molar-refractivity contribution in [3.8, 4) is 0 Å². The number of nitrogens with zero attached hydrogens (tertiary/aromatic N) is 3. The largest absolute Gasteiger partial charge is 0.339 e. The zero-order chi connectivity index (χ0) is 19.7. The van der Waals surface area contributed by atoms with Crippen molar-refractivity contribution in [2.45, 2.75) is 25.8 Å². The number of fused-ring (bicyclic) bond motifs is 1. The van der Waals surface area contributed by atoms with Crippen LogP contribution in [0.15, 0.2) is 33.9 Å². The number of hydrogen-bond donors (Lipinski definition) is 2. The predicted molar refractivity (Wildman–Crippen MR) is 103 cm³/mol. The van der Waals surface area contributed by atoms with E-state index in [0.29, 0.717) is 17.3 Å². The van der Waals surface area contributed by atoms with Gasteiger partial charge in [0.25, 0.3) is 5.56 Å². The van der Waals surface area contributed by atoms with Crippen molar-refractivity contribution in [2.75, 3.05) is 7.05 Å². The third-order valence-electron chi connectivity index (χ3n) is 4.68. The van der Waals surface area contributed by atoms with Gasteiger partial charge in [0.15, 0.2) is 5.65 Å². The molecule has 2 N–H and O–H groups in total. The number of aryl methyl sites for hydroxylation is 2. The Balaban J connectivity index is 1.73. The topological polar surface area (TPSA) is 104 Å². The summed E-state index contributed by atoms with van der Waals surface area (Å²) in [5.74, 6) is 0.416. The van der Waals surface area contributed by atoms with E-state index < -0.39 is 11.2 Å². The number of halogens is 1. The minimum Gasteiger partial charge on any atom is -0.339 e. The van der Waals surface area contributed by atoms with Crippen LogP contribution in [0.2, 0.25) is 5.02 Å². The van der Waals surface area contributed by atoms with Crippen LogP contribution in [0, 0.1) is 0 Å². The molecule has 0 aliphatic heterocycles. The normalized spacial score (nSPS) is 12.3. The average molecular weight is 390 g/mol. The number of nitrogens with one attached hydrogen (secondary N) is 2. The molecule has 1 amide bonds. The molecule has 9 heteroatoms. The first-order chi connectivity index (χ1) is 12.8. The van der Waals surface area contributed by atoms with Crippen LogP contribution in [0.25, 0.3) is 11.2 Å². The molecule has 0 radical (unpaired) electrons. The summed E-state index contributed by atoms with van der Waals surface area (Å²) in [6, 6.07) is 7.27. The number of hydrogen-bond acceptors (Lipinski definition) is 4. The number of benzene rings is 1. The Kier molecular flexibility index (Phi) is 5.18. The van der Waals surface area contributed by atoms with Crippen LogP contribution >= 0.6 is 11.6 Å². The van der Waals surface area contributed by atoms with E-state index in [9.17, 15) is 14.4 Å². The quantitative estimate of drug-likeness (QED) is 0.693. The Labute approximate surface area is 159 Å². The number of carbonyl (C=O) groups excluding carboxylic acids is 1. The van der Waals surface area contributed by atoms with E-state index in [1.165, 1.54) is 11.6 Å². The van der Waals surface area contributed by atoms with Crippen molar-refractivity contribution in [1.82, 2.24) is 24.4 Å². The molecule has 0 aliphatic carbocycles. The molecule has 2 aromatic heterocycles. The van der Waals surface area contributed by atoms with Crippen LogP contribution < -0.4 is 11.2 Å². The highest BCUT2D eigenvalue weighted by molar-refractivity contribution is 6.30. The molecular formula is C18H20ClN5O3. The van der Waals surface area contributed by atoms with Gasteiger partial charge in [-0.1, -0.05) is 23.7 Å². The molecule has 0 fully saturated rings. The summed E-state index contributed by atoms with van der Waals surface area (Å²) >= 11 is 6.02. The smallest absolute Gasteiger partial charge is 0.329 e. The van der Waals surface area contributed by atoms with Crippen molar-refractivity contribution in [3.63, 3.8) is 0 Å². The number of H-pyrrole nitrogens is 2. The van der Waals surface area contributed by atoms with E-state index in [2.05, 4.69) is 15.0 Å². The molecule has 0 aliphatic rings. The number of aromatic nitrogens is 4. The maximum atomic E-state index is 12.5. The van der Waals surface area contributed by atoms with Crippen molar-refractivity contribution in [1.29, 1.82) is 0 Å². The predicted octanol–water partition coefficient (Wildman–Crippen LogP) is 1.76. The van der Waals surface area contributed by atoms with Gasteiger partial charge < -0.3 is 9.88 Å². The van der Waals surface area contributed by atoms with Gasteiger partial charge in [-0.25, -0.2) is 9.78 Å². The van der Waals surface area contributed by atoms with Gasteiger partial charge in [0.2, 0.25) is 5.91 Å². The number of rotatable bonds is 5. The lowest BCUT2D eigenvalue weighted by Gasteiger charge is -2.25. The van der Waals surface area contributed by atoms with E-state index in [1.807, 2.05) is 25.1 Å². The van der Waals surface area contributed by atoms with Crippen LogP contribution in [0.3, 0.4) is 0 Å². The van der Waals surface area contributed by atoms with Crippen LogP contribution in [0.1, 0.15) is 30.8 Å². The first kappa shape index (κ1) is 18.9. The second-order valence-electron chi connectivity index (χ2n) is 6.44. The molecule has 1 unspecified atom stereocenters. The van der Waals surface area contributed by atoms with Crippen LogP contribution in [-0.4, -0.2) is 37.4 Å². The lowest BCUT2D eigenvalue weighted by atomic mass is 10.1. The number of amides is 1. The van der Waals surface area contributed by atoms with Crippen LogP contribution in [0.5, 0.6) is 0 Å². The Morgan fingerprint density at radius 2 is 2.07 bits per heavy atom. The Morgan fingerprint density at radius 1 is 1.33 bits per heavy atom. The van der Waals surface area contributed by atoms with Gasteiger partial charge in [-0.05, 0) is 24.6 Å². The monoisotopic (exact) mass is 389 g/mol. The van der Waals surface area contributed by atoms with Crippen molar-refractivity contribution >= 4 is 28.7 Å².